The van der Waals surface area contributed by atoms with Crippen LogP contribution in [0.15, 0.2) is 0 Å². The molecule has 0 saturated carbocycles. The lowest BCUT2D eigenvalue weighted by molar-refractivity contribution is 0.270. The molecule has 2 heteroatoms. The molecule has 1 nitrogen and oxygen atoms in total. The van der Waals surface area contributed by atoms with Crippen LogP contribution in [0.2, 0.25) is 0 Å². The summed E-state index contributed by atoms with van der Waals surface area (Å²) in [7, 11) is 3.49. The molecule has 2 unspecified atom stereocenters. The van der Waals surface area contributed by atoms with E-state index >= 15 is 0 Å². The standard InChI is InChI=1S/C32H67P.H2O/c1-5-9-13-17-18-19-20-21-22-24-28-31(27-23-14-10-6-2)32(33,29-25-15-11-7-3)30-26-16-12-8-4;/h31H,5-30,33H2,1-4H3;1H2. The van der Waals surface area contributed by atoms with Gasteiger partial charge in [-0.1, -0.05) is 169 Å². The highest BCUT2D eigenvalue weighted by atomic mass is 31.0. The van der Waals surface area contributed by atoms with Crippen molar-refractivity contribution in [3.05, 3.63) is 0 Å². The Hall–Kier alpha value is 0.390. The Morgan fingerprint density at radius 1 is 0.412 bits per heavy atom. The van der Waals surface area contributed by atoms with E-state index in [2.05, 4.69) is 36.9 Å². The minimum atomic E-state index is 0. The zero-order valence-corrected chi connectivity index (χ0v) is 25.7. The molecule has 0 aromatic heterocycles. The van der Waals surface area contributed by atoms with E-state index in [4.69, 9.17) is 0 Å². The largest absolute Gasteiger partial charge is 0.412 e. The minimum Gasteiger partial charge on any atom is -0.412 e. The van der Waals surface area contributed by atoms with Crippen molar-refractivity contribution in [1.29, 1.82) is 0 Å². The Bertz CT molecular complexity index is 358. The lowest BCUT2D eigenvalue weighted by atomic mass is 9.77. The predicted octanol–water partition coefficient (Wildman–Crippen LogP) is 11.6. The monoisotopic (exact) mass is 501 g/mol. The van der Waals surface area contributed by atoms with Crippen LogP contribution in [0.25, 0.3) is 0 Å². The van der Waals surface area contributed by atoms with Crippen molar-refractivity contribution in [2.75, 3.05) is 0 Å². The van der Waals surface area contributed by atoms with Crippen molar-refractivity contribution < 1.29 is 5.48 Å². The first-order valence-electron chi connectivity index (χ1n) is 15.9. The van der Waals surface area contributed by atoms with Crippen molar-refractivity contribution in [3.8, 4) is 0 Å². The highest BCUT2D eigenvalue weighted by Crippen LogP contribution is 2.44. The van der Waals surface area contributed by atoms with Gasteiger partial charge in [0.1, 0.15) is 0 Å². The van der Waals surface area contributed by atoms with E-state index in [1.165, 1.54) is 167 Å². The summed E-state index contributed by atoms with van der Waals surface area (Å²) in [5.41, 5.74) is 0. The Kier molecular flexibility index (Phi) is 30.1. The first kappa shape index (κ1) is 36.5. The second-order valence-electron chi connectivity index (χ2n) is 11.4. The van der Waals surface area contributed by atoms with Crippen LogP contribution in [0.4, 0.5) is 0 Å². The fourth-order valence-corrected chi connectivity index (χ4v) is 6.45. The maximum absolute atomic E-state index is 3.49. The van der Waals surface area contributed by atoms with Gasteiger partial charge in [0.2, 0.25) is 0 Å². The van der Waals surface area contributed by atoms with Crippen LogP contribution >= 0.6 is 9.24 Å². The van der Waals surface area contributed by atoms with Gasteiger partial charge >= 0.3 is 0 Å². The summed E-state index contributed by atoms with van der Waals surface area (Å²) < 4.78 is 0. The van der Waals surface area contributed by atoms with Crippen LogP contribution in [0.1, 0.15) is 195 Å². The minimum absolute atomic E-state index is 0. The van der Waals surface area contributed by atoms with Crippen LogP contribution in [-0.2, 0) is 0 Å². The molecule has 0 spiro atoms. The molecule has 0 aliphatic rings. The van der Waals surface area contributed by atoms with Gasteiger partial charge in [0.05, 0.1) is 0 Å². The van der Waals surface area contributed by atoms with Crippen molar-refractivity contribution in [1.82, 2.24) is 0 Å². The Labute approximate surface area is 220 Å². The highest BCUT2D eigenvalue weighted by molar-refractivity contribution is 7.19. The summed E-state index contributed by atoms with van der Waals surface area (Å²) in [5, 5.41) is 0.521. The van der Waals surface area contributed by atoms with E-state index in [9.17, 15) is 0 Å². The molecule has 0 heterocycles. The lowest BCUT2D eigenvalue weighted by Crippen LogP contribution is -2.32. The molecule has 0 bridgehead atoms. The van der Waals surface area contributed by atoms with Crippen LogP contribution in [0, 0.1) is 5.92 Å². The maximum Gasteiger partial charge on any atom is -0.0122 e. The first-order valence-corrected chi connectivity index (χ1v) is 16.5. The smallest absolute Gasteiger partial charge is 0.0122 e. The zero-order valence-electron chi connectivity index (χ0n) is 24.5. The van der Waals surface area contributed by atoms with E-state index in [1.54, 1.807) is 0 Å². The highest BCUT2D eigenvalue weighted by Gasteiger charge is 2.32. The van der Waals surface area contributed by atoms with E-state index in [1.807, 2.05) is 0 Å². The first-order chi connectivity index (χ1) is 16.1. The van der Waals surface area contributed by atoms with Crippen LogP contribution < -0.4 is 0 Å². The van der Waals surface area contributed by atoms with Gasteiger partial charge in [-0.3, -0.25) is 0 Å². The van der Waals surface area contributed by atoms with Gasteiger partial charge in [-0.25, -0.2) is 0 Å². The molecule has 0 saturated heterocycles. The molecule has 0 aromatic carbocycles. The van der Waals surface area contributed by atoms with Crippen molar-refractivity contribution >= 4 is 9.24 Å². The molecule has 0 radical (unpaired) electrons. The van der Waals surface area contributed by atoms with Gasteiger partial charge in [-0.15, -0.1) is 9.24 Å². The van der Waals surface area contributed by atoms with Crippen molar-refractivity contribution in [2.45, 2.75) is 200 Å². The van der Waals surface area contributed by atoms with Crippen molar-refractivity contribution in [2.24, 2.45) is 5.92 Å². The van der Waals surface area contributed by atoms with Gasteiger partial charge in [0, 0.05) is 0 Å². The molecule has 0 fully saturated rings. The van der Waals surface area contributed by atoms with Gasteiger partial charge in [0.15, 0.2) is 0 Å². The lowest BCUT2D eigenvalue weighted by Gasteiger charge is -2.39. The summed E-state index contributed by atoms with van der Waals surface area (Å²) in [5.74, 6) is 0.941. The molecule has 2 N–H and O–H groups in total. The number of hydrogen-bond acceptors (Lipinski definition) is 0. The Morgan fingerprint density at radius 3 is 1.03 bits per heavy atom. The van der Waals surface area contributed by atoms with E-state index in [0.29, 0.717) is 5.16 Å². The number of hydrogen-bond donors (Lipinski definition) is 0. The van der Waals surface area contributed by atoms with E-state index in [0.717, 1.165) is 5.92 Å². The summed E-state index contributed by atoms with van der Waals surface area (Å²) in [4.78, 5) is 0. The Balaban J connectivity index is 0. The predicted molar refractivity (Wildman–Crippen MR) is 162 cm³/mol. The molecule has 34 heavy (non-hydrogen) atoms. The average Bonchev–Trinajstić information content (AvgIpc) is 2.82. The third-order valence-corrected chi connectivity index (χ3v) is 9.17. The van der Waals surface area contributed by atoms with Gasteiger partial charge in [0.25, 0.3) is 0 Å². The molecule has 2 atom stereocenters. The van der Waals surface area contributed by atoms with E-state index < -0.39 is 0 Å². The van der Waals surface area contributed by atoms with Crippen LogP contribution in [-0.4, -0.2) is 10.6 Å². The van der Waals surface area contributed by atoms with E-state index in [-0.39, 0.29) is 5.48 Å². The second-order valence-corrected chi connectivity index (χ2v) is 12.5. The van der Waals surface area contributed by atoms with Gasteiger partial charge < -0.3 is 5.48 Å². The topological polar surface area (TPSA) is 31.5 Å². The van der Waals surface area contributed by atoms with Crippen LogP contribution in [0.3, 0.4) is 0 Å². The molecule has 208 valence electrons. The maximum atomic E-state index is 3.49. The summed E-state index contributed by atoms with van der Waals surface area (Å²) in [6, 6.07) is 0. The molecular formula is C32H69OP. The SMILES string of the molecule is CCCCCCCCCCCCC(CCCCCC)C(P)(CCCCCC)CCCCCC.O. The fraction of sp³-hybridized carbons (Fsp3) is 1.00. The molecular weight excluding hydrogens is 431 g/mol. The molecule has 0 amide bonds. The third kappa shape index (κ3) is 21.7. The number of rotatable bonds is 27. The third-order valence-electron chi connectivity index (χ3n) is 8.12. The molecule has 0 aliphatic heterocycles. The summed E-state index contributed by atoms with van der Waals surface area (Å²) in [6.45, 7) is 9.36. The average molecular weight is 501 g/mol. The number of unbranched alkanes of at least 4 members (excludes halogenated alkanes) is 18. The van der Waals surface area contributed by atoms with Crippen molar-refractivity contribution in [3.63, 3.8) is 0 Å². The Morgan fingerprint density at radius 2 is 0.676 bits per heavy atom. The van der Waals surface area contributed by atoms with Crippen LogP contribution in [0.5, 0.6) is 0 Å². The molecule has 0 aliphatic carbocycles. The zero-order chi connectivity index (χ0) is 24.5. The molecule has 0 aromatic rings. The molecule has 0 rings (SSSR count). The fourth-order valence-electron chi connectivity index (χ4n) is 5.71. The second kappa shape index (κ2) is 28.0. The normalized spacial score (nSPS) is 12.6. The van der Waals surface area contributed by atoms with Gasteiger partial charge in [-0.2, -0.15) is 0 Å². The summed E-state index contributed by atoms with van der Waals surface area (Å²) in [6.07, 6.45) is 37.6. The summed E-state index contributed by atoms with van der Waals surface area (Å²) >= 11 is 0. The quantitative estimate of drug-likeness (QED) is 0.0793. The van der Waals surface area contributed by atoms with Gasteiger partial charge in [-0.05, 0) is 36.8 Å².